The predicted molar refractivity (Wildman–Crippen MR) is 59.7 cm³/mol. The van der Waals surface area contributed by atoms with Gasteiger partial charge in [0.25, 0.3) is 0 Å². The monoisotopic (exact) mass is 214 g/mol. The Kier molecular flexibility index (Phi) is 4.54. The third-order valence-electron chi connectivity index (χ3n) is 2.56. The molecule has 4 nitrogen and oxygen atoms in total. The lowest BCUT2D eigenvalue weighted by Crippen LogP contribution is -2.47. The molecule has 0 aromatic heterocycles. The zero-order chi connectivity index (χ0) is 11.3. The van der Waals surface area contributed by atoms with Crippen LogP contribution in [0.15, 0.2) is 0 Å². The van der Waals surface area contributed by atoms with Gasteiger partial charge in [0, 0.05) is 12.6 Å². The molecule has 0 radical (unpaired) electrons. The summed E-state index contributed by atoms with van der Waals surface area (Å²) < 4.78 is 5.66. The molecule has 0 saturated carbocycles. The first-order valence-electron chi connectivity index (χ1n) is 5.66. The Hall–Kier alpha value is -0.610. The number of piperidine rings is 1. The van der Waals surface area contributed by atoms with Gasteiger partial charge in [-0.1, -0.05) is 0 Å². The number of carbonyl (C=O) groups excluding carboxylic acids is 1. The summed E-state index contributed by atoms with van der Waals surface area (Å²) in [5.41, 5.74) is -0.174. The minimum Gasteiger partial charge on any atom is -0.364 e. The highest BCUT2D eigenvalue weighted by Gasteiger charge is 2.28. The zero-order valence-corrected chi connectivity index (χ0v) is 9.93. The fourth-order valence-corrected chi connectivity index (χ4v) is 1.76. The third kappa shape index (κ3) is 4.62. The van der Waals surface area contributed by atoms with Crippen molar-refractivity contribution in [3.05, 3.63) is 0 Å². The van der Waals surface area contributed by atoms with Crippen LogP contribution in [0.4, 0.5) is 0 Å². The van der Waals surface area contributed by atoms with Crippen LogP contribution in [0.2, 0.25) is 0 Å². The molecular weight excluding hydrogens is 192 g/mol. The van der Waals surface area contributed by atoms with Crippen LogP contribution in [-0.2, 0) is 9.53 Å². The molecule has 0 spiro atoms. The van der Waals surface area contributed by atoms with E-state index in [0.717, 1.165) is 25.9 Å². The second-order valence-corrected chi connectivity index (χ2v) is 4.74. The molecule has 1 unspecified atom stereocenters. The smallest absolute Gasteiger partial charge is 0.246 e. The summed E-state index contributed by atoms with van der Waals surface area (Å²) >= 11 is 0. The third-order valence-corrected chi connectivity index (χ3v) is 2.56. The lowest BCUT2D eigenvalue weighted by atomic mass is 9.96. The summed E-state index contributed by atoms with van der Waals surface area (Å²) in [6.07, 6.45) is 2.14. The largest absolute Gasteiger partial charge is 0.364 e. The molecule has 4 heteroatoms. The predicted octanol–water partition coefficient (Wildman–Crippen LogP) is 0.670. The number of hydrogen-bond donors (Lipinski definition) is 2. The Morgan fingerprint density at radius 3 is 2.87 bits per heavy atom. The van der Waals surface area contributed by atoms with E-state index in [9.17, 15) is 4.79 Å². The van der Waals surface area contributed by atoms with Crippen LogP contribution in [0.5, 0.6) is 0 Å². The fourth-order valence-electron chi connectivity index (χ4n) is 1.76. The first kappa shape index (κ1) is 12.5. The molecule has 1 aliphatic rings. The molecular formula is C11H22N2O2. The normalized spacial score (nSPS) is 26.7. The highest BCUT2D eigenvalue weighted by molar-refractivity contribution is 5.77. The van der Waals surface area contributed by atoms with Gasteiger partial charge in [0.2, 0.25) is 5.91 Å². The maximum atomic E-state index is 11.4. The number of rotatable bonds is 4. The summed E-state index contributed by atoms with van der Waals surface area (Å²) in [7, 11) is 0. The Morgan fingerprint density at radius 1 is 1.60 bits per heavy atom. The van der Waals surface area contributed by atoms with Crippen LogP contribution in [0.1, 0.15) is 33.6 Å². The summed E-state index contributed by atoms with van der Waals surface area (Å²) in [6.45, 7) is 8.00. The Morgan fingerprint density at radius 2 is 2.33 bits per heavy atom. The van der Waals surface area contributed by atoms with E-state index in [0.29, 0.717) is 0 Å². The Balaban J connectivity index is 2.25. The standard InChI is InChI=1S/C11H22N2O2/c1-9(2)13-10(14)7-15-11(3)5-4-6-12-8-11/h9,12H,4-8H2,1-3H3,(H,13,14). The molecule has 0 aromatic rings. The molecule has 1 amide bonds. The van der Waals surface area contributed by atoms with E-state index in [4.69, 9.17) is 4.74 Å². The first-order chi connectivity index (χ1) is 7.02. The first-order valence-corrected chi connectivity index (χ1v) is 5.66. The second kappa shape index (κ2) is 5.47. The van der Waals surface area contributed by atoms with Crippen molar-refractivity contribution in [2.45, 2.75) is 45.3 Å². The average molecular weight is 214 g/mol. The molecule has 15 heavy (non-hydrogen) atoms. The van der Waals surface area contributed by atoms with Crippen molar-refractivity contribution in [2.24, 2.45) is 0 Å². The van der Waals surface area contributed by atoms with Gasteiger partial charge >= 0.3 is 0 Å². The maximum Gasteiger partial charge on any atom is 0.246 e. The van der Waals surface area contributed by atoms with Crippen LogP contribution in [0.25, 0.3) is 0 Å². The van der Waals surface area contributed by atoms with Crippen molar-refractivity contribution in [1.29, 1.82) is 0 Å². The molecule has 88 valence electrons. The highest BCUT2D eigenvalue weighted by atomic mass is 16.5. The molecule has 1 fully saturated rings. The molecule has 2 N–H and O–H groups in total. The maximum absolute atomic E-state index is 11.4. The summed E-state index contributed by atoms with van der Waals surface area (Å²) in [4.78, 5) is 11.4. The van der Waals surface area contributed by atoms with Crippen LogP contribution >= 0.6 is 0 Å². The van der Waals surface area contributed by atoms with Gasteiger partial charge < -0.3 is 15.4 Å². The summed E-state index contributed by atoms with van der Waals surface area (Å²) in [5.74, 6) is -0.0307. The number of hydrogen-bond acceptors (Lipinski definition) is 3. The van der Waals surface area contributed by atoms with Gasteiger partial charge in [0.05, 0.1) is 5.60 Å². The molecule has 0 aromatic carbocycles. The van der Waals surface area contributed by atoms with Crippen molar-refractivity contribution < 1.29 is 9.53 Å². The quantitative estimate of drug-likeness (QED) is 0.723. The molecule has 1 rings (SSSR count). The van der Waals surface area contributed by atoms with E-state index in [-0.39, 0.29) is 24.2 Å². The molecule has 1 heterocycles. The zero-order valence-electron chi connectivity index (χ0n) is 9.93. The van der Waals surface area contributed by atoms with Crippen molar-refractivity contribution in [3.8, 4) is 0 Å². The van der Waals surface area contributed by atoms with Crippen LogP contribution in [0, 0.1) is 0 Å². The van der Waals surface area contributed by atoms with Gasteiger partial charge in [-0.25, -0.2) is 0 Å². The van der Waals surface area contributed by atoms with Crippen molar-refractivity contribution in [2.75, 3.05) is 19.7 Å². The van der Waals surface area contributed by atoms with E-state index in [2.05, 4.69) is 17.6 Å². The summed E-state index contributed by atoms with van der Waals surface area (Å²) in [6, 6.07) is 0.179. The highest BCUT2D eigenvalue weighted by Crippen LogP contribution is 2.19. The number of carbonyl (C=O) groups is 1. The number of nitrogens with one attached hydrogen (secondary N) is 2. The second-order valence-electron chi connectivity index (χ2n) is 4.74. The molecule has 0 bridgehead atoms. The minimum absolute atomic E-state index is 0.0307. The van der Waals surface area contributed by atoms with Crippen molar-refractivity contribution in [1.82, 2.24) is 10.6 Å². The number of ether oxygens (including phenoxy) is 1. The molecule has 1 atom stereocenters. The van der Waals surface area contributed by atoms with E-state index in [1.807, 2.05) is 13.8 Å². The molecule has 1 saturated heterocycles. The van der Waals surface area contributed by atoms with Gasteiger partial charge in [0.1, 0.15) is 6.61 Å². The van der Waals surface area contributed by atoms with Crippen molar-refractivity contribution in [3.63, 3.8) is 0 Å². The van der Waals surface area contributed by atoms with Gasteiger partial charge in [-0.3, -0.25) is 4.79 Å². The Labute approximate surface area is 91.8 Å². The lowest BCUT2D eigenvalue weighted by Gasteiger charge is -2.33. The fraction of sp³-hybridized carbons (Fsp3) is 0.909. The van der Waals surface area contributed by atoms with E-state index in [1.54, 1.807) is 0 Å². The van der Waals surface area contributed by atoms with E-state index < -0.39 is 0 Å². The molecule has 1 aliphatic heterocycles. The van der Waals surface area contributed by atoms with Gasteiger partial charge in [-0.15, -0.1) is 0 Å². The average Bonchev–Trinajstić information content (AvgIpc) is 2.15. The SMILES string of the molecule is CC(C)NC(=O)COC1(C)CCCNC1. The minimum atomic E-state index is -0.174. The lowest BCUT2D eigenvalue weighted by molar-refractivity contribution is -0.133. The van der Waals surface area contributed by atoms with Crippen LogP contribution in [-0.4, -0.2) is 37.2 Å². The topological polar surface area (TPSA) is 50.4 Å². The summed E-state index contributed by atoms with van der Waals surface area (Å²) in [5, 5.41) is 6.10. The Bertz CT molecular complexity index is 211. The van der Waals surface area contributed by atoms with E-state index >= 15 is 0 Å². The van der Waals surface area contributed by atoms with Gasteiger partial charge in [-0.2, -0.15) is 0 Å². The van der Waals surface area contributed by atoms with Crippen molar-refractivity contribution >= 4 is 5.91 Å². The van der Waals surface area contributed by atoms with Crippen LogP contribution < -0.4 is 10.6 Å². The molecule has 0 aliphatic carbocycles. The van der Waals surface area contributed by atoms with Gasteiger partial charge in [0.15, 0.2) is 0 Å². The number of amides is 1. The van der Waals surface area contributed by atoms with E-state index in [1.165, 1.54) is 0 Å². The van der Waals surface area contributed by atoms with Gasteiger partial charge in [-0.05, 0) is 40.2 Å². The van der Waals surface area contributed by atoms with Crippen LogP contribution in [0.3, 0.4) is 0 Å².